The monoisotopic (exact) mass is 307 g/mol. The van der Waals surface area contributed by atoms with E-state index in [1.54, 1.807) is 0 Å². The summed E-state index contributed by atoms with van der Waals surface area (Å²) in [4.78, 5) is 21.3. The van der Waals surface area contributed by atoms with Crippen LogP contribution in [0.25, 0.3) is 0 Å². The van der Waals surface area contributed by atoms with E-state index < -0.39 is 5.97 Å². The molecule has 1 saturated carbocycles. The van der Waals surface area contributed by atoms with Gasteiger partial charge in [0, 0.05) is 13.0 Å². The van der Waals surface area contributed by atoms with E-state index in [0.29, 0.717) is 5.41 Å². The van der Waals surface area contributed by atoms with Gasteiger partial charge in [0.05, 0.1) is 0 Å². The number of carboxylic acids is 1. The Kier molecular flexibility index (Phi) is 4.90. The second-order valence-corrected chi connectivity index (χ2v) is 6.02. The second-order valence-electron chi connectivity index (χ2n) is 6.02. The summed E-state index contributed by atoms with van der Waals surface area (Å²) < 4.78 is 0. The predicted octanol–water partition coefficient (Wildman–Crippen LogP) is 2.25. The van der Waals surface area contributed by atoms with Crippen molar-refractivity contribution in [1.29, 1.82) is 0 Å². The Morgan fingerprint density at radius 2 is 1.82 bits per heavy atom. The standard InChI is InChI=1S/C9H15NO.C7H6O4/c11-8-6-9(7-10-8)4-2-1-3-5-9;8-4-1-2-6(9)5(3-4)7(10)11/h1-7H2,(H,10,11);1-3,8-9H,(H,10,11). The SMILES string of the molecule is O=C(O)c1cc(O)ccc1O.O=C1CC2(CCCCC2)CN1. The molecule has 1 aliphatic heterocycles. The molecule has 1 aromatic rings. The van der Waals surface area contributed by atoms with E-state index in [4.69, 9.17) is 15.3 Å². The summed E-state index contributed by atoms with van der Waals surface area (Å²) in [7, 11) is 0. The number of phenols is 2. The molecule has 1 spiro atoms. The fraction of sp³-hybridized carbons (Fsp3) is 0.500. The van der Waals surface area contributed by atoms with Crippen molar-refractivity contribution in [2.75, 3.05) is 6.54 Å². The molecule has 3 rings (SSSR count). The first-order valence-electron chi connectivity index (χ1n) is 7.44. The smallest absolute Gasteiger partial charge is 0.339 e. The van der Waals surface area contributed by atoms with Gasteiger partial charge in [0.2, 0.25) is 5.91 Å². The van der Waals surface area contributed by atoms with Crippen LogP contribution in [0, 0.1) is 5.41 Å². The van der Waals surface area contributed by atoms with Gasteiger partial charge in [-0.15, -0.1) is 0 Å². The maximum Gasteiger partial charge on any atom is 0.339 e. The quantitative estimate of drug-likeness (QED) is 0.595. The van der Waals surface area contributed by atoms with Gasteiger partial charge in [0.1, 0.15) is 17.1 Å². The fourth-order valence-corrected chi connectivity index (χ4v) is 3.10. The molecule has 22 heavy (non-hydrogen) atoms. The van der Waals surface area contributed by atoms with Crippen LogP contribution in [0.2, 0.25) is 0 Å². The lowest BCUT2D eigenvalue weighted by Gasteiger charge is -2.31. The fourth-order valence-electron chi connectivity index (χ4n) is 3.10. The number of hydrogen-bond acceptors (Lipinski definition) is 4. The summed E-state index contributed by atoms with van der Waals surface area (Å²) >= 11 is 0. The molecule has 6 nitrogen and oxygen atoms in total. The number of phenolic OH excluding ortho intramolecular Hbond substituents is 1. The minimum atomic E-state index is -1.27. The highest BCUT2D eigenvalue weighted by molar-refractivity contribution is 5.91. The number of amides is 1. The highest BCUT2D eigenvalue weighted by Crippen LogP contribution is 2.41. The first-order chi connectivity index (χ1) is 10.4. The highest BCUT2D eigenvalue weighted by Gasteiger charge is 2.38. The second kappa shape index (κ2) is 6.68. The van der Waals surface area contributed by atoms with E-state index in [2.05, 4.69) is 5.32 Å². The number of rotatable bonds is 1. The average molecular weight is 307 g/mol. The van der Waals surface area contributed by atoms with Gasteiger partial charge in [-0.2, -0.15) is 0 Å². The number of carbonyl (C=O) groups is 2. The third kappa shape index (κ3) is 3.90. The molecule has 2 fully saturated rings. The maximum absolute atomic E-state index is 11.0. The van der Waals surface area contributed by atoms with E-state index >= 15 is 0 Å². The minimum Gasteiger partial charge on any atom is -0.508 e. The van der Waals surface area contributed by atoms with Crippen LogP contribution in [0.1, 0.15) is 48.9 Å². The molecule has 4 N–H and O–H groups in total. The topological polar surface area (TPSA) is 107 Å². The first kappa shape index (κ1) is 16.1. The first-order valence-corrected chi connectivity index (χ1v) is 7.44. The zero-order chi connectivity index (χ0) is 16.2. The zero-order valence-corrected chi connectivity index (χ0v) is 12.3. The Labute approximate surface area is 128 Å². The summed E-state index contributed by atoms with van der Waals surface area (Å²) in [6.45, 7) is 0.950. The molecular formula is C16H21NO5. The largest absolute Gasteiger partial charge is 0.508 e. The minimum absolute atomic E-state index is 0.180. The van der Waals surface area contributed by atoms with Gasteiger partial charge < -0.3 is 20.6 Å². The predicted molar refractivity (Wildman–Crippen MR) is 79.9 cm³/mol. The Morgan fingerprint density at radius 1 is 1.14 bits per heavy atom. The van der Waals surface area contributed by atoms with E-state index in [9.17, 15) is 9.59 Å². The Morgan fingerprint density at radius 3 is 2.32 bits per heavy atom. The van der Waals surface area contributed by atoms with Crippen molar-refractivity contribution >= 4 is 11.9 Å². The molecule has 0 radical (unpaired) electrons. The number of aromatic carboxylic acids is 1. The Balaban J connectivity index is 0.000000160. The Bertz CT molecular complexity index is 564. The van der Waals surface area contributed by atoms with Crippen LogP contribution < -0.4 is 5.32 Å². The summed E-state index contributed by atoms with van der Waals surface area (Å²) in [5.41, 5.74) is 0.0833. The van der Waals surface area contributed by atoms with Crippen molar-refractivity contribution in [3.05, 3.63) is 23.8 Å². The summed E-state index contributed by atoms with van der Waals surface area (Å²) in [6, 6.07) is 3.32. The molecule has 0 bridgehead atoms. The van der Waals surface area contributed by atoms with Gasteiger partial charge in [-0.25, -0.2) is 4.79 Å². The molecule has 1 amide bonds. The number of aromatic hydroxyl groups is 2. The third-order valence-corrected chi connectivity index (χ3v) is 4.32. The summed E-state index contributed by atoms with van der Waals surface area (Å²) in [5.74, 6) is -1.53. The van der Waals surface area contributed by atoms with Crippen molar-refractivity contribution in [3.63, 3.8) is 0 Å². The lowest BCUT2D eigenvalue weighted by Crippen LogP contribution is -2.26. The van der Waals surface area contributed by atoms with Crippen LogP contribution >= 0.6 is 0 Å². The van der Waals surface area contributed by atoms with Crippen molar-refractivity contribution < 1.29 is 24.9 Å². The van der Waals surface area contributed by atoms with Crippen molar-refractivity contribution in [2.24, 2.45) is 5.41 Å². The maximum atomic E-state index is 11.0. The highest BCUT2D eigenvalue weighted by atomic mass is 16.4. The van der Waals surface area contributed by atoms with E-state index in [0.717, 1.165) is 25.1 Å². The normalized spacial score (nSPS) is 19.2. The molecular weight excluding hydrogens is 286 g/mol. The number of nitrogens with one attached hydrogen (secondary N) is 1. The number of hydrogen-bond donors (Lipinski definition) is 4. The van der Waals surface area contributed by atoms with Gasteiger partial charge in [-0.1, -0.05) is 19.3 Å². The average Bonchev–Trinajstić information content (AvgIpc) is 2.83. The molecule has 1 heterocycles. The summed E-state index contributed by atoms with van der Waals surface area (Å²) in [5, 5.41) is 29.1. The lowest BCUT2D eigenvalue weighted by atomic mass is 9.73. The van der Waals surface area contributed by atoms with Crippen LogP contribution in [-0.4, -0.2) is 33.7 Å². The van der Waals surface area contributed by atoms with Gasteiger partial charge in [0.25, 0.3) is 0 Å². The van der Waals surface area contributed by atoms with Crippen molar-refractivity contribution in [3.8, 4) is 11.5 Å². The van der Waals surface area contributed by atoms with Crippen LogP contribution in [-0.2, 0) is 4.79 Å². The molecule has 1 aromatic carbocycles. The number of carbonyl (C=O) groups excluding carboxylic acids is 1. The van der Waals surface area contributed by atoms with E-state index in [-0.39, 0.29) is 23.0 Å². The lowest BCUT2D eigenvalue weighted by molar-refractivity contribution is -0.119. The van der Waals surface area contributed by atoms with Crippen LogP contribution in [0.3, 0.4) is 0 Å². The molecule has 0 unspecified atom stereocenters. The molecule has 120 valence electrons. The van der Waals surface area contributed by atoms with Gasteiger partial charge in [-0.05, 0) is 36.5 Å². The molecule has 0 atom stereocenters. The van der Waals surface area contributed by atoms with Gasteiger partial charge in [0.15, 0.2) is 0 Å². The molecule has 2 aliphatic rings. The Hall–Kier alpha value is -2.24. The number of benzene rings is 1. The van der Waals surface area contributed by atoms with Gasteiger partial charge in [-0.3, -0.25) is 4.79 Å². The van der Waals surface area contributed by atoms with Gasteiger partial charge >= 0.3 is 5.97 Å². The third-order valence-electron chi connectivity index (χ3n) is 4.32. The van der Waals surface area contributed by atoms with E-state index in [1.807, 2.05) is 0 Å². The molecule has 0 aromatic heterocycles. The molecule has 1 saturated heterocycles. The molecule has 1 aliphatic carbocycles. The van der Waals surface area contributed by atoms with Crippen molar-refractivity contribution in [2.45, 2.75) is 38.5 Å². The number of carboxylic acid groups (broad SMARTS) is 1. The molecule has 6 heteroatoms. The van der Waals surface area contributed by atoms with Crippen LogP contribution in [0.15, 0.2) is 18.2 Å². The van der Waals surface area contributed by atoms with Crippen LogP contribution in [0.5, 0.6) is 11.5 Å². The van der Waals surface area contributed by atoms with Crippen LogP contribution in [0.4, 0.5) is 0 Å². The van der Waals surface area contributed by atoms with Crippen molar-refractivity contribution in [1.82, 2.24) is 5.32 Å². The van der Waals surface area contributed by atoms with E-state index in [1.165, 1.54) is 38.2 Å². The summed E-state index contributed by atoms with van der Waals surface area (Å²) in [6.07, 6.45) is 7.37. The zero-order valence-electron chi connectivity index (χ0n) is 12.3.